The molecule has 0 N–H and O–H groups in total. The van der Waals surface area contributed by atoms with E-state index in [0.29, 0.717) is 11.8 Å². The summed E-state index contributed by atoms with van der Waals surface area (Å²) >= 11 is 0. The second kappa shape index (κ2) is 4.92. The first-order chi connectivity index (χ1) is 10.6. The number of rotatable bonds is 2. The van der Waals surface area contributed by atoms with E-state index in [2.05, 4.69) is 35.2 Å². The van der Waals surface area contributed by atoms with Gasteiger partial charge in [0, 0.05) is 32.6 Å². The molecule has 0 unspecified atom stereocenters. The number of likely N-dealkylation sites (tertiary alicyclic amines) is 1. The maximum absolute atomic E-state index is 12.7. The van der Waals surface area contributed by atoms with Crippen LogP contribution >= 0.6 is 0 Å². The highest BCUT2D eigenvalue weighted by Crippen LogP contribution is 2.50. The molecule has 22 heavy (non-hydrogen) atoms. The normalized spacial score (nSPS) is 34.5. The van der Waals surface area contributed by atoms with Gasteiger partial charge in [-0.1, -0.05) is 30.3 Å². The van der Waals surface area contributed by atoms with Crippen LogP contribution in [0.25, 0.3) is 0 Å². The summed E-state index contributed by atoms with van der Waals surface area (Å²) in [7, 11) is 1.86. The van der Waals surface area contributed by atoms with E-state index in [1.54, 1.807) is 4.90 Å². The fraction of sp³-hybridized carbons (Fsp3) is 0.556. The molecule has 4 heteroatoms. The molecule has 0 bridgehead atoms. The molecule has 0 aromatic heterocycles. The zero-order valence-electron chi connectivity index (χ0n) is 13.3. The van der Waals surface area contributed by atoms with Crippen molar-refractivity contribution in [3.8, 4) is 0 Å². The SMILES string of the molecule is CC1=N[C@]2(CC[C@H]3CN(Cc4ccccc4)C[C@H]32)C(=O)N1C. The first-order valence-electron chi connectivity index (χ1n) is 8.21. The Kier molecular flexibility index (Phi) is 3.12. The number of amidine groups is 1. The molecule has 2 aliphatic heterocycles. The third kappa shape index (κ3) is 1.93. The predicted molar refractivity (Wildman–Crippen MR) is 86.5 cm³/mol. The maximum Gasteiger partial charge on any atom is 0.255 e. The summed E-state index contributed by atoms with van der Waals surface area (Å²) in [5, 5.41) is 0. The van der Waals surface area contributed by atoms with Gasteiger partial charge in [0.15, 0.2) is 0 Å². The van der Waals surface area contributed by atoms with Crippen molar-refractivity contribution in [2.45, 2.75) is 31.8 Å². The van der Waals surface area contributed by atoms with Gasteiger partial charge in [-0.25, -0.2) is 0 Å². The minimum absolute atomic E-state index is 0.221. The highest BCUT2D eigenvalue weighted by atomic mass is 16.2. The number of likely N-dealkylation sites (N-methyl/N-ethyl adjacent to an activating group) is 1. The minimum Gasteiger partial charge on any atom is -0.302 e. The lowest BCUT2D eigenvalue weighted by Crippen LogP contribution is -2.45. The molecule has 3 atom stereocenters. The van der Waals surface area contributed by atoms with E-state index in [4.69, 9.17) is 4.99 Å². The Labute approximate surface area is 131 Å². The van der Waals surface area contributed by atoms with Gasteiger partial charge in [0.2, 0.25) is 0 Å². The molecule has 1 saturated heterocycles. The van der Waals surface area contributed by atoms with Crippen LogP contribution in [0.4, 0.5) is 0 Å². The van der Waals surface area contributed by atoms with Crippen LogP contribution in [-0.4, -0.2) is 47.2 Å². The van der Waals surface area contributed by atoms with Crippen LogP contribution in [0.15, 0.2) is 35.3 Å². The molecule has 1 saturated carbocycles. The fourth-order valence-corrected chi connectivity index (χ4v) is 4.61. The van der Waals surface area contributed by atoms with Crippen LogP contribution in [0.5, 0.6) is 0 Å². The summed E-state index contributed by atoms with van der Waals surface area (Å²) in [6.07, 6.45) is 2.06. The molecule has 116 valence electrons. The molecule has 1 amide bonds. The van der Waals surface area contributed by atoms with Crippen LogP contribution in [0.3, 0.4) is 0 Å². The first-order valence-corrected chi connectivity index (χ1v) is 8.21. The molecule has 4 rings (SSSR count). The van der Waals surface area contributed by atoms with Crippen molar-refractivity contribution >= 4 is 11.7 Å². The molecule has 2 heterocycles. The molecule has 1 aromatic rings. The monoisotopic (exact) mass is 297 g/mol. The van der Waals surface area contributed by atoms with Gasteiger partial charge < -0.3 is 4.90 Å². The highest BCUT2D eigenvalue weighted by Gasteiger charge is 2.59. The van der Waals surface area contributed by atoms with E-state index in [1.165, 1.54) is 5.56 Å². The van der Waals surface area contributed by atoms with Gasteiger partial charge in [-0.05, 0) is 31.2 Å². The van der Waals surface area contributed by atoms with Crippen molar-refractivity contribution < 1.29 is 4.79 Å². The Morgan fingerprint density at radius 3 is 2.73 bits per heavy atom. The van der Waals surface area contributed by atoms with Crippen LogP contribution in [0.2, 0.25) is 0 Å². The molecule has 2 fully saturated rings. The van der Waals surface area contributed by atoms with E-state index in [-0.39, 0.29) is 5.91 Å². The third-order valence-electron chi connectivity index (χ3n) is 5.80. The van der Waals surface area contributed by atoms with Gasteiger partial charge in [-0.2, -0.15) is 0 Å². The van der Waals surface area contributed by atoms with Crippen molar-refractivity contribution in [2.75, 3.05) is 20.1 Å². The van der Waals surface area contributed by atoms with Crippen LogP contribution in [-0.2, 0) is 11.3 Å². The van der Waals surface area contributed by atoms with E-state index in [9.17, 15) is 4.79 Å². The van der Waals surface area contributed by atoms with Gasteiger partial charge in [0.25, 0.3) is 5.91 Å². The van der Waals surface area contributed by atoms with Crippen molar-refractivity contribution in [3.63, 3.8) is 0 Å². The van der Waals surface area contributed by atoms with E-state index >= 15 is 0 Å². The van der Waals surface area contributed by atoms with Gasteiger partial charge in [0.05, 0.1) is 0 Å². The zero-order valence-corrected chi connectivity index (χ0v) is 13.3. The predicted octanol–water partition coefficient (Wildman–Crippen LogP) is 2.16. The number of aliphatic imine (C=N–C) groups is 1. The lowest BCUT2D eigenvalue weighted by atomic mass is 9.85. The first kappa shape index (κ1) is 13.9. The number of nitrogens with zero attached hydrogens (tertiary/aromatic N) is 3. The second-order valence-corrected chi connectivity index (χ2v) is 7.03. The Balaban J connectivity index is 1.54. The van der Waals surface area contributed by atoms with Crippen molar-refractivity contribution in [1.82, 2.24) is 9.80 Å². The minimum atomic E-state index is -0.449. The summed E-state index contributed by atoms with van der Waals surface area (Å²) in [6.45, 7) is 5.04. The van der Waals surface area contributed by atoms with Crippen LogP contribution in [0, 0.1) is 11.8 Å². The van der Waals surface area contributed by atoms with Gasteiger partial charge in [-0.15, -0.1) is 0 Å². The van der Waals surface area contributed by atoms with Crippen molar-refractivity contribution in [2.24, 2.45) is 16.8 Å². The molecule has 4 nitrogen and oxygen atoms in total. The Morgan fingerprint density at radius 2 is 2.05 bits per heavy atom. The second-order valence-electron chi connectivity index (χ2n) is 7.03. The average Bonchev–Trinajstić information content (AvgIpc) is 3.12. The Bertz CT molecular complexity index is 626. The smallest absolute Gasteiger partial charge is 0.255 e. The number of amides is 1. The molecular weight excluding hydrogens is 274 g/mol. The van der Waals surface area contributed by atoms with Gasteiger partial charge >= 0.3 is 0 Å². The quantitative estimate of drug-likeness (QED) is 0.838. The highest BCUT2D eigenvalue weighted by molar-refractivity contribution is 6.07. The van der Waals surface area contributed by atoms with E-state index in [1.807, 2.05) is 14.0 Å². The zero-order chi connectivity index (χ0) is 15.3. The van der Waals surface area contributed by atoms with E-state index in [0.717, 1.165) is 38.3 Å². The molecule has 1 aliphatic carbocycles. The van der Waals surface area contributed by atoms with Crippen molar-refractivity contribution in [3.05, 3.63) is 35.9 Å². The molecule has 1 aromatic carbocycles. The lowest BCUT2D eigenvalue weighted by molar-refractivity contribution is -0.131. The maximum atomic E-state index is 12.7. The average molecular weight is 297 g/mol. The van der Waals surface area contributed by atoms with E-state index < -0.39 is 5.54 Å². The number of carbonyl (C=O) groups excluding carboxylic acids is 1. The van der Waals surface area contributed by atoms with Crippen LogP contribution in [0.1, 0.15) is 25.3 Å². The van der Waals surface area contributed by atoms with Crippen molar-refractivity contribution in [1.29, 1.82) is 0 Å². The third-order valence-corrected chi connectivity index (χ3v) is 5.80. The fourth-order valence-electron chi connectivity index (χ4n) is 4.61. The summed E-state index contributed by atoms with van der Waals surface area (Å²) in [5.41, 5.74) is 0.903. The lowest BCUT2D eigenvalue weighted by Gasteiger charge is -2.27. The molecule has 3 aliphatic rings. The molecular formula is C18H23N3O. The summed E-state index contributed by atoms with van der Waals surface area (Å²) in [4.78, 5) is 21.8. The Hall–Kier alpha value is -1.68. The largest absolute Gasteiger partial charge is 0.302 e. The standard InChI is InChI=1S/C18H23N3O/c1-13-19-18(17(22)20(13)2)9-8-15-11-21(12-16(15)18)10-14-6-4-3-5-7-14/h3-7,15-16H,8-12H2,1-2H3/t15-,16+,18-/m0/s1. The number of carbonyl (C=O) groups is 1. The molecule has 1 spiro atoms. The van der Waals surface area contributed by atoms with Crippen LogP contribution < -0.4 is 0 Å². The number of benzene rings is 1. The Morgan fingerprint density at radius 1 is 1.27 bits per heavy atom. The number of hydrogen-bond acceptors (Lipinski definition) is 3. The van der Waals surface area contributed by atoms with Gasteiger partial charge in [0.1, 0.15) is 11.4 Å². The number of fused-ring (bicyclic) bond motifs is 2. The summed E-state index contributed by atoms with van der Waals surface area (Å²) in [5.74, 6) is 2.12. The number of hydrogen-bond donors (Lipinski definition) is 0. The topological polar surface area (TPSA) is 35.9 Å². The summed E-state index contributed by atoms with van der Waals surface area (Å²) in [6, 6.07) is 10.6. The van der Waals surface area contributed by atoms with Gasteiger partial charge in [-0.3, -0.25) is 14.7 Å². The summed E-state index contributed by atoms with van der Waals surface area (Å²) < 4.78 is 0. The molecule has 0 radical (unpaired) electrons.